The fraction of sp³-hybridized carbons (Fsp3) is 0.185. The number of carbonyl (C=O) groups is 2. The SMILES string of the molecule is O=C1C2Cc3c([nH]c4ccccc34)C(c3cccc([N+](=O)[O-])c3)N2C(=O)CN1Cc1ccccc1F. The van der Waals surface area contributed by atoms with Crippen LogP contribution in [0.15, 0.2) is 72.8 Å². The van der Waals surface area contributed by atoms with Gasteiger partial charge in [-0.25, -0.2) is 4.39 Å². The van der Waals surface area contributed by atoms with E-state index in [1.807, 2.05) is 24.3 Å². The van der Waals surface area contributed by atoms with Crippen molar-refractivity contribution in [2.75, 3.05) is 6.54 Å². The highest BCUT2D eigenvalue weighted by molar-refractivity contribution is 5.97. The van der Waals surface area contributed by atoms with Crippen LogP contribution in [0.5, 0.6) is 0 Å². The Morgan fingerprint density at radius 3 is 2.61 bits per heavy atom. The van der Waals surface area contributed by atoms with E-state index >= 15 is 0 Å². The van der Waals surface area contributed by atoms with Gasteiger partial charge in [-0.15, -0.1) is 0 Å². The molecule has 0 bridgehead atoms. The molecule has 1 saturated heterocycles. The fourth-order valence-corrected chi connectivity index (χ4v) is 5.44. The van der Waals surface area contributed by atoms with E-state index in [9.17, 15) is 24.1 Å². The minimum Gasteiger partial charge on any atom is -0.356 e. The Labute approximate surface area is 205 Å². The van der Waals surface area contributed by atoms with Gasteiger partial charge in [0, 0.05) is 47.3 Å². The van der Waals surface area contributed by atoms with Gasteiger partial charge in [-0.3, -0.25) is 19.7 Å². The molecule has 0 spiro atoms. The van der Waals surface area contributed by atoms with Gasteiger partial charge in [0.15, 0.2) is 0 Å². The van der Waals surface area contributed by atoms with Crippen LogP contribution in [0.25, 0.3) is 10.9 Å². The molecule has 3 heterocycles. The number of fused-ring (bicyclic) bond motifs is 4. The van der Waals surface area contributed by atoms with Crippen molar-refractivity contribution in [3.05, 3.63) is 111 Å². The van der Waals surface area contributed by atoms with Crippen molar-refractivity contribution in [1.82, 2.24) is 14.8 Å². The summed E-state index contributed by atoms with van der Waals surface area (Å²) in [6.07, 6.45) is 0.295. The van der Waals surface area contributed by atoms with Crippen LogP contribution in [-0.4, -0.2) is 44.1 Å². The first kappa shape index (κ1) is 22.0. The molecule has 2 unspecified atom stereocenters. The smallest absolute Gasteiger partial charge is 0.269 e. The number of H-pyrrole nitrogens is 1. The second kappa shape index (κ2) is 8.30. The molecule has 1 aromatic heterocycles. The Kier molecular flexibility index (Phi) is 5.06. The van der Waals surface area contributed by atoms with Crippen LogP contribution in [0.1, 0.15) is 28.4 Å². The molecule has 0 radical (unpaired) electrons. The van der Waals surface area contributed by atoms with Crippen LogP contribution < -0.4 is 0 Å². The maximum absolute atomic E-state index is 14.3. The van der Waals surface area contributed by atoms with E-state index in [0.29, 0.717) is 17.5 Å². The number of nitro groups is 1. The molecule has 1 fully saturated rings. The summed E-state index contributed by atoms with van der Waals surface area (Å²) in [4.78, 5) is 44.7. The van der Waals surface area contributed by atoms with E-state index in [-0.39, 0.29) is 30.6 Å². The van der Waals surface area contributed by atoms with E-state index in [2.05, 4.69) is 4.98 Å². The quantitative estimate of drug-likeness (QED) is 0.348. The van der Waals surface area contributed by atoms with Gasteiger partial charge in [0.1, 0.15) is 18.4 Å². The number of aromatic nitrogens is 1. The van der Waals surface area contributed by atoms with Crippen molar-refractivity contribution in [2.45, 2.75) is 25.0 Å². The van der Waals surface area contributed by atoms with Gasteiger partial charge in [-0.2, -0.15) is 0 Å². The van der Waals surface area contributed by atoms with Gasteiger partial charge in [0.25, 0.3) is 5.69 Å². The minimum atomic E-state index is -0.811. The second-order valence-electron chi connectivity index (χ2n) is 9.12. The number of hydrogen-bond acceptors (Lipinski definition) is 4. The highest BCUT2D eigenvalue weighted by Gasteiger charge is 2.48. The average Bonchev–Trinajstić information content (AvgIpc) is 3.25. The lowest BCUT2D eigenvalue weighted by atomic mass is 9.86. The Morgan fingerprint density at radius 2 is 1.81 bits per heavy atom. The topological polar surface area (TPSA) is 99.5 Å². The number of benzene rings is 3. The van der Waals surface area contributed by atoms with Crippen molar-refractivity contribution in [3.8, 4) is 0 Å². The summed E-state index contributed by atoms with van der Waals surface area (Å²) >= 11 is 0. The van der Waals surface area contributed by atoms with Gasteiger partial charge >= 0.3 is 0 Å². The van der Waals surface area contributed by atoms with E-state index in [4.69, 9.17) is 0 Å². The molecule has 0 saturated carbocycles. The zero-order valence-electron chi connectivity index (χ0n) is 19.1. The number of para-hydroxylation sites is 1. The molecule has 36 heavy (non-hydrogen) atoms. The first-order valence-corrected chi connectivity index (χ1v) is 11.6. The van der Waals surface area contributed by atoms with Gasteiger partial charge in [0.2, 0.25) is 11.8 Å². The zero-order chi connectivity index (χ0) is 25.0. The molecule has 9 heteroatoms. The van der Waals surface area contributed by atoms with Crippen molar-refractivity contribution in [2.24, 2.45) is 0 Å². The molecule has 8 nitrogen and oxygen atoms in total. The summed E-state index contributed by atoms with van der Waals surface area (Å²) in [5.41, 5.74) is 3.30. The van der Waals surface area contributed by atoms with E-state index in [1.165, 1.54) is 28.0 Å². The number of rotatable bonds is 4. The summed E-state index contributed by atoms with van der Waals surface area (Å²) in [5.74, 6) is -1.00. The van der Waals surface area contributed by atoms with Crippen molar-refractivity contribution >= 4 is 28.4 Å². The number of amides is 2. The van der Waals surface area contributed by atoms with Gasteiger partial charge in [-0.1, -0.05) is 48.5 Å². The third-order valence-electron chi connectivity index (χ3n) is 7.06. The number of nitrogens with zero attached hydrogens (tertiary/aromatic N) is 3. The Morgan fingerprint density at radius 1 is 1.03 bits per heavy atom. The van der Waals surface area contributed by atoms with E-state index in [0.717, 1.165) is 22.2 Å². The third kappa shape index (κ3) is 3.43. The monoisotopic (exact) mass is 484 g/mol. The summed E-state index contributed by atoms with van der Waals surface area (Å²) < 4.78 is 14.3. The van der Waals surface area contributed by atoms with Crippen LogP contribution >= 0.6 is 0 Å². The number of nitro benzene ring substituents is 1. The molecule has 2 aliphatic heterocycles. The van der Waals surface area contributed by atoms with Crippen LogP contribution in [0.2, 0.25) is 0 Å². The largest absolute Gasteiger partial charge is 0.356 e. The summed E-state index contributed by atoms with van der Waals surface area (Å²) in [6.45, 7) is -0.214. The average molecular weight is 484 g/mol. The molecular formula is C27H21FN4O4. The molecule has 6 rings (SSSR count). The number of carbonyl (C=O) groups excluding carboxylic acids is 2. The van der Waals surface area contributed by atoms with Crippen LogP contribution in [-0.2, 0) is 22.6 Å². The van der Waals surface area contributed by atoms with Crippen molar-refractivity contribution in [3.63, 3.8) is 0 Å². The number of nitrogens with one attached hydrogen (secondary N) is 1. The lowest BCUT2D eigenvalue weighted by molar-refractivity contribution is -0.384. The standard InChI is InChI=1S/C27H21FN4O4/c28-21-10-3-1-6-17(21)14-30-15-24(33)31-23(27(30)34)13-20-19-9-2-4-11-22(19)29-25(20)26(31)16-7-5-8-18(12-16)32(35)36/h1-12,23,26,29H,13-15H2. The normalized spacial score (nSPS) is 19.4. The third-order valence-corrected chi connectivity index (χ3v) is 7.06. The number of halogens is 1. The molecule has 3 aromatic carbocycles. The number of non-ortho nitro benzene ring substituents is 1. The molecule has 180 valence electrons. The van der Waals surface area contributed by atoms with Crippen LogP contribution in [0.3, 0.4) is 0 Å². The summed E-state index contributed by atoms with van der Waals surface area (Å²) in [6, 6.07) is 18.5. The Hall–Kier alpha value is -4.53. The Bertz CT molecular complexity index is 1550. The number of hydrogen-bond donors (Lipinski definition) is 1. The molecule has 2 atom stereocenters. The van der Waals surface area contributed by atoms with Crippen LogP contribution in [0, 0.1) is 15.9 Å². The van der Waals surface area contributed by atoms with Crippen LogP contribution in [0.4, 0.5) is 10.1 Å². The predicted molar refractivity (Wildman–Crippen MR) is 129 cm³/mol. The van der Waals surface area contributed by atoms with Gasteiger partial charge in [-0.05, 0) is 23.3 Å². The highest BCUT2D eigenvalue weighted by Crippen LogP contribution is 2.43. The first-order valence-electron chi connectivity index (χ1n) is 11.6. The predicted octanol–water partition coefficient (Wildman–Crippen LogP) is 4.10. The molecule has 2 aliphatic rings. The summed E-state index contributed by atoms with van der Waals surface area (Å²) in [7, 11) is 0. The fourth-order valence-electron chi connectivity index (χ4n) is 5.44. The van der Waals surface area contributed by atoms with E-state index < -0.39 is 22.8 Å². The van der Waals surface area contributed by atoms with Crippen molar-refractivity contribution < 1.29 is 18.9 Å². The van der Waals surface area contributed by atoms with Gasteiger partial charge in [0.05, 0.1) is 11.0 Å². The molecule has 2 amide bonds. The molecule has 1 N–H and O–H groups in total. The number of aromatic amines is 1. The molecule has 4 aromatic rings. The van der Waals surface area contributed by atoms with Crippen molar-refractivity contribution in [1.29, 1.82) is 0 Å². The highest BCUT2D eigenvalue weighted by atomic mass is 19.1. The van der Waals surface area contributed by atoms with Gasteiger partial charge < -0.3 is 14.8 Å². The lowest BCUT2D eigenvalue weighted by Crippen LogP contribution is -2.62. The number of piperazine rings is 1. The zero-order valence-corrected chi connectivity index (χ0v) is 19.1. The maximum atomic E-state index is 14.3. The second-order valence-corrected chi connectivity index (χ2v) is 9.12. The summed E-state index contributed by atoms with van der Waals surface area (Å²) in [5, 5.41) is 12.4. The minimum absolute atomic E-state index is 0.0101. The van der Waals surface area contributed by atoms with E-state index in [1.54, 1.807) is 30.3 Å². The molecular weight excluding hydrogens is 463 g/mol. The first-order chi connectivity index (χ1) is 17.4. The maximum Gasteiger partial charge on any atom is 0.269 e. The Balaban J connectivity index is 1.47. The lowest BCUT2D eigenvalue weighted by Gasteiger charge is -2.47. The molecule has 0 aliphatic carbocycles.